The molecule has 1 N–H and O–H groups in total. The zero-order valence-electron chi connectivity index (χ0n) is 18.7. The van der Waals surface area contributed by atoms with Gasteiger partial charge in [-0.15, -0.1) is 0 Å². The topological polar surface area (TPSA) is 69.7 Å². The predicted molar refractivity (Wildman–Crippen MR) is 125 cm³/mol. The summed E-state index contributed by atoms with van der Waals surface area (Å²) in [6, 6.07) is 16.0. The lowest BCUT2D eigenvalue weighted by molar-refractivity contribution is -0.124. The molecule has 2 aliphatic rings. The van der Waals surface area contributed by atoms with Crippen LogP contribution in [0.2, 0.25) is 0 Å². The number of carbonyl (C=O) groups is 1. The lowest BCUT2D eigenvalue weighted by atomic mass is 9.99. The SMILES string of the molecule is CC1CCCN(Cc2ccc(CNC(=O)C3CCCN3S(=O)(=O)c3ccccc3)cc2)C1. The van der Waals surface area contributed by atoms with E-state index in [1.165, 1.54) is 22.7 Å². The van der Waals surface area contributed by atoms with Gasteiger partial charge >= 0.3 is 0 Å². The first-order chi connectivity index (χ1) is 15.4. The number of benzene rings is 2. The Balaban J connectivity index is 1.33. The molecule has 2 aromatic rings. The summed E-state index contributed by atoms with van der Waals surface area (Å²) in [7, 11) is -3.67. The number of sulfonamides is 1. The van der Waals surface area contributed by atoms with Gasteiger partial charge in [0.1, 0.15) is 6.04 Å². The van der Waals surface area contributed by atoms with Gasteiger partial charge in [-0.1, -0.05) is 49.4 Å². The van der Waals surface area contributed by atoms with E-state index < -0.39 is 16.1 Å². The molecule has 4 rings (SSSR count). The van der Waals surface area contributed by atoms with E-state index in [0.29, 0.717) is 25.9 Å². The standard InChI is InChI=1S/C25H33N3O3S/c1-20-7-5-15-27(18-20)19-22-13-11-21(12-14-22)17-26-25(29)24-10-6-16-28(24)32(30,31)23-8-3-2-4-9-23/h2-4,8-9,11-14,20,24H,5-7,10,15-19H2,1H3,(H,26,29). The maximum Gasteiger partial charge on any atom is 0.243 e. The van der Waals surface area contributed by atoms with Crippen LogP contribution in [-0.2, 0) is 27.9 Å². The highest BCUT2D eigenvalue weighted by molar-refractivity contribution is 7.89. The molecule has 2 fully saturated rings. The minimum atomic E-state index is -3.67. The van der Waals surface area contributed by atoms with Crippen LogP contribution >= 0.6 is 0 Å². The van der Waals surface area contributed by atoms with Gasteiger partial charge in [0.05, 0.1) is 4.90 Å². The van der Waals surface area contributed by atoms with Gasteiger partial charge in [-0.2, -0.15) is 4.31 Å². The Morgan fingerprint density at radius 3 is 2.38 bits per heavy atom. The van der Waals surface area contributed by atoms with Crippen molar-refractivity contribution in [1.29, 1.82) is 0 Å². The van der Waals surface area contributed by atoms with Gasteiger partial charge in [0.25, 0.3) is 0 Å². The van der Waals surface area contributed by atoms with Crippen molar-refractivity contribution in [1.82, 2.24) is 14.5 Å². The largest absolute Gasteiger partial charge is 0.351 e. The van der Waals surface area contributed by atoms with Gasteiger partial charge in [-0.25, -0.2) is 8.42 Å². The Hall–Kier alpha value is -2.22. The summed E-state index contributed by atoms with van der Waals surface area (Å²) in [4.78, 5) is 15.6. The van der Waals surface area contributed by atoms with Crippen LogP contribution in [0.5, 0.6) is 0 Å². The van der Waals surface area contributed by atoms with Crippen molar-refractivity contribution < 1.29 is 13.2 Å². The van der Waals surface area contributed by atoms with Crippen LogP contribution in [0.25, 0.3) is 0 Å². The van der Waals surface area contributed by atoms with Gasteiger partial charge in [0.2, 0.25) is 15.9 Å². The van der Waals surface area contributed by atoms with Crippen LogP contribution < -0.4 is 5.32 Å². The van der Waals surface area contributed by atoms with Crippen molar-refractivity contribution in [2.75, 3.05) is 19.6 Å². The van der Waals surface area contributed by atoms with E-state index in [9.17, 15) is 13.2 Å². The van der Waals surface area contributed by atoms with Gasteiger partial charge in [0, 0.05) is 26.2 Å². The maximum atomic E-state index is 13.0. The highest BCUT2D eigenvalue weighted by atomic mass is 32.2. The number of piperidine rings is 1. The summed E-state index contributed by atoms with van der Waals surface area (Å²) in [5.74, 6) is 0.535. The third-order valence-corrected chi connectivity index (χ3v) is 8.42. The molecule has 2 atom stereocenters. The van der Waals surface area contributed by atoms with E-state index in [2.05, 4.69) is 41.4 Å². The van der Waals surface area contributed by atoms with E-state index in [-0.39, 0.29) is 10.8 Å². The Labute approximate surface area is 191 Å². The Bertz CT molecular complexity index is 1010. The van der Waals surface area contributed by atoms with Crippen LogP contribution in [0.4, 0.5) is 0 Å². The first-order valence-electron chi connectivity index (χ1n) is 11.6. The van der Waals surface area contributed by atoms with Crippen molar-refractivity contribution in [3.05, 3.63) is 65.7 Å². The fraction of sp³-hybridized carbons (Fsp3) is 0.480. The highest BCUT2D eigenvalue weighted by Gasteiger charge is 2.39. The number of nitrogens with zero attached hydrogens (tertiary/aromatic N) is 2. The number of hydrogen-bond acceptors (Lipinski definition) is 4. The van der Waals surface area contributed by atoms with Crippen molar-refractivity contribution in [3.63, 3.8) is 0 Å². The third kappa shape index (κ3) is 5.39. The molecule has 7 heteroatoms. The van der Waals surface area contributed by atoms with Crippen LogP contribution in [0.15, 0.2) is 59.5 Å². The minimum absolute atomic E-state index is 0.228. The maximum absolute atomic E-state index is 13.0. The van der Waals surface area contributed by atoms with Crippen molar-refractivity contribution >= 4 is 15.9 Å². The van der Waals surface area contributed by atoms with Crippen LogP contribution in [0.1, 0.15) is 43.7 Å². The van der Waals surface area contributed by atoms with Gasteiger partial charge in [-0.3, -0.25) is 9.69 Å². The molecular formula is C25H33N3O3S. The van der Waals surface area contributed by atoms with E-state index >= 15 is 0 Å². The van der Waals surface area contributed by atoms with Crippen molar-refractivity contribution in [2.24, 2.45) is 5.92 Å². The predicted octanol–water partition coefficient (Wildman–Crippen LogP) is 3.39. The number of carbonyl (C=O) groups excluding carboxylic acids is 1. The highest BCUT2D eigenvalue weighted by Crippen LogP contribution is 2.26. The molecule has 1 amide bonds. The quantitative estimate of drug-likeness (QED) is 0.695. The Morgan fingerprint density at radius 1 is 0.969 bits per heavy atom. The van der Waals surface area contributed by atoms with Crippen molar-refractivity contribution in [3.8, 4) is 0 Å². The molecule has 2 heterocycles. The number of amides is 1. The van der Waals surface area contributed by atoms with Gasteiger partial charge in [0.15, 0.2) is 0 Å². The lowest BCUT2D eigenvalue weighted by Crippen LogP contribution is -2.45. The average molecular weight is 456 g/mol. The van der Waals surface area contributed by atoms with Gasteiger partial charge in [-0.05, 0) is 61.4 Å². The summed E-state index contributed by atoms with van der Waals surface area (Å²) < 4.78 is 27.3. The summed E-state index contributed by atoms with van der Waals surface area (Å²) in [6.07, 6.45) is 3.82. The average Bonchev–Trinajstić information content (AvgIpc) is 3.30. The number of rotatable bonds is 7. The molecule has 2 aliphatic heterocycles. The summed E-state index contributed by atoms with van der Waals surface area (Å²) in [5.41, 5.74) is 2.30. The molecule has 2 aromatic carbocycles. The van der Waals surface area contributed by atoms with E-state index in [1.54, 1.807) is 30.3 Å². The molecular weight excluding hydrogens is 422 g/mol. The zero-order chi connectivity index (χ0) is 22.6. The second-order valence-corrected chi connectivity index (χ2v) is 11.0. The minimum Gasteiger partial charge on any atom is -0.351 e. The monoisotopic (exact) mass is 455 g/mol. The summed E-state index contributed by atoms with van der Waals surface area (Å²) in [6.45, 7) is 6.36. The number of likely N-dealkylation sites (tertiary alicyclic amines) is 1. The smallest absolute Gasteiger partial charge is 0.243 e. The van der Waals surface area contributed by atoms with Crippen molar-refractivity contribution in [2.45, 2.75) is 56.6 Å². The molecule has 0 saturated carbocycles. The molecule has 0 bridgehead atoms. The summed E-state index contributed by atoms with van der Waals surface area (Å²) in [5, 5.41) is 2.95. The molecule has 6 nitrogen and oxygen atoms in total. The van der Waals surface area contributed by atoms with Crippen LogP contribution in [-0.4, -0.2) is 49.2 Å². The van der Waals surface area contributed by atoms with Crippen LogP contribution in [0, 0.1) is 5.92 Å². The molecule has 0 spiro atoms. The Morgan fingerprint density at radius 2 is 1.66 bits per heavy atom. The second kappa shape index (κ2) is 10.1. The molecule has 0 radical (unpaired) electrons. The molecule has 0 aliphatic carbocycles. The lowest BCUT2D eigenvalue weighted by Gasteiger charge is -2.30. The molecule has 172 valence electrons. The Kier molecular flexibility index (Phi) is 7.28. The van der Waals surface area contributed by atoms with E-state index in [1.807, 2.05) is 0 Å². The van der Waals surface area contributed by atoms with Gasteiger partial charge < -0.3 is 5.32 Å². The fourth-order valence-corrected chi connectivity index (χ4v) is 6.45. The molecule has 32 heavy (non-hydrogen) atoms. The molecule has 0 aromatic heterocycles. The van der Waals surface area contributed by atoms with E-state index in [4.69, 9.17) is 0 Å². The molecule has 2 saturated heterocycles. The summed E-state index contributed by atoms with van der Waals surface area (Å²) >= 11 is 0. The third-order valence-electron chi connectivity index (χ3n) is 6.49. The number of hydrogen-bond donors (Lipinski definition) is 1. The van der Waals surface area contributed by atoms with Crippen LogP contribution in [0.3, 0.4) is 0 Å². The zero-order valence-corrected chi connectivity index (χ0v) is 19.6. The first-order valence-corrected chi connectivity index (χ1v) is 13.0. The second-order valence-electron chi connectivity index (χ2n) is 9.10. The fourth-order valence-electron chi connectivity index (χ4n) is 4.78. The van der Waals surface area contributed by atoms with E-state index in [0.717, 1.165) is 31.1 Å². The molecule has 2 unspecified atom stereocenters. The normalized spacial score (nSPS) is 22.7. The first kappa shape index (κ1) is 23.0. The number of nitrogens with one attached hydrogen (secondary N) is 1.